The van der Waals surface area contributed by atoms with Crippen molar-refractivity contribution in [3.05, 3.63) is 29.4 Å². The Bertz CT molecular complexity index is 422. The lowest BCUT2D eigenvalue weighted by Crippen LogP contribution is -1.89. The van der Waals surface area contributed by atoms with E-state index in [1.54, 1.807) is 17.4 Å². The molecule has 4 heteroatoms. The molecule has 0 unspecified atom stereocenters. The van der Waals surface area contributed by atoms with Gasteiger partial charge in [0.2, 0.25) is 0 Å². The number of pyridine rings is 1. The molecule has 13 heavy (non-hydrogen) atoms. The highest BCUT2D eigenvalue weighted by Crippen LogP contribution is 2.24. The number of aromatic nitrogens is 2. The molecular formula is C9H9N3S. The third-order valence-corrected chi connectivity index (χ3v) is 2.58. The van der Waals surface area contributed by atoms with Crippen molar-refractivity contribution in [1.82, 2.24) is 9.97 Å². The first-order chi connectivity index (χ1) is 6.25. The molecular weight excluding hydrogens is 182 g/mol. The summed E-state index contributed by atoms with van der Waals surface area (Å²) in [5.74, 6) is 0.545. The van der Waals surface area contributed by atoms with E-state index in [1.807, 2.05) is 25.3 Å². The van der Waals surface area contributed by atoms with Gasteiger partial charge in [-0.2, -0.15) is 0 Å². The normalized spacial score (nSPS) is 10.2. The topological polar surface area (TPSA) is 51.8 Å². The van der Waals surface area contributed by atoms with Gasteiger partial charge in [-0.1, -0.05) is 6.07 Å². The molecule has 2 N–H and O–H groups in total. The summed E-state index contributed by atoms with van der Waals surface area (Å²) < 4.78 is 0. The summed E-state index contributed by atoms with van der Waals surface area (Å²) in [5, 5.41) is 1.04. The van der Waals surface area contributed by atoms with Gasteiger partial charge < -0.3 is 5.73 Å². The Morgan fingerprint density at radius 3 is 2.85 bits per heavy atom. The van der Waals surface area contributed by atoms with E-state index in [1.165, 1.54) is 0 Å². The highest BCUT2D eigenvalue weighted by Gasteiger charge is 2.02. The van der Waals surface area contributed by atoms with E-state index in [2.05, 4.69) is 9.97 Å². The molecule has 2 aromatic rings. The number of rotatable bonds is 1. The smallest absolute Gasteiger partial charge is 0.124 e. The Balaban J connectivity index is 2.46. The molecule has 66 valence electrons. The predicted molar refractivity (Wildman–Crippen MR) is 54.5 cm³/mol. The maximum atomic E-state index is 5.58. The van der Waals surface area contributed by atoms with Crippen molar-refractivity contribution < 1.29 is 0 Å². The van der Waals surface area contributed by atoms with Gasteiger partial charge in [0.1, 0.15) is 5.82 Å². The first kappa shape index (κ1) is 8.19. The van der Waals surface area contributed by atoms with E-state index < -0.39 is 0 Å². The summed E-state index contributed by atoms with van der Waals surface area (Å²) >= 11 is 1.62. The highest BCUT2D eigenvalue weighted by molar-refractivity contribution is 7.15. The molecule has 0 aliphatic rings. The zero-order valence-corrected chi connectivity index (χ0v) is 8.01. The number of nitrogens with zero attached hydrogens (tertiary/aromatic N) is 2. The van der Waals surface area contributed by atoms with Crippen LogP contribution in [0, 0.1) is 6.92 Å². The van der Waals surface area contributed by atoms with Crippen LogP contribution in [0.5, 0.6) is 0 Å². The minimum Gasteiger partial charge on any atom is -0.384 e. The largest absolute Gasteiger partial charge is 0.384 e. The van der Waals surface area contributed by atoms with Gasteiger partial charge in [-0.3, -0.25) is 0 Å². The van der Waals surface area contributed by atoms with Crippen molar-refractivity contribution in [2.75, 3.05) is 5.73 Å². The number of thiazole rings is 1. The summed E-state index contributed by atoms with van der Waals surface area (Å²) in [7, 11) is 0. The molecule has 0 bridgehead atoms. The summed E-state index contributed by atoms with van der Waals surface area (Å²) in [6.45, 7) is 1.97. The van der Waals surface area contributed by atoms with Crippen LogP contribution in [0.4, 0.5) is 5.82 Å². The van der Waals surface area contributed by atoms with Gasteiger partial charge in [0, 0.05) is 6.20 Å². The maximum absolute atomic E-state index is 5.58. The Kier molecular flexibility index (Phi) is 1.98. The number of anilines is 1. The van der Waals surface area contributed by atoms with Crippen molar-refractivity contribution in [1.29, 1.82) is 0 Å². The molecule has 0 saturated heterocycles. The van der Waals surface area contributed by atoms with Gasteiger partial charge >= 0.3 is 0 Å². The van der Waals surface area contributed by atoms with Crippen LogP contribution in [0.25, 0.3) is 10.6 Å². The minimum absolute atomic E-state index is 0.545. The standard InChI is InChI=1S/C9H9N3S/c1-6-11-5-8(13-6)7-3-2-4-9(10)12-7/h2-5H,1H3,(H2,10,12). The summed E-state index contributed by atoms with van der Waals surface area (Å²) in [5.41, 5.74) is 6.47. The molecule has 0 fully saturated rings. The van der Waals surface area contributed by atoms with E-state index in [-0.39, 0.29) is 0 Å². The summed E-state index contributed by atoms with van der Waals surface area (Å²) in [6, 6.07) is 5.60. The van der Waals surface area contributed by atoms with Gasteiger partial charge in [0.15, 0.2) is 0 Å². The second-order valence-electron chi connectivity index (χ2n) is 2.69. The molecule has 0 atom stereocenters. The molecule has 2 rings (SSSR count). The lowest BCUT2D eigenvalue weighted by molar-refractivity contribution is 1.29. The molecule has 0 aromatic carbocycles. The highest BCUT2D eigenvalue weighted by atomic mass is 32.1. The van der Waals surface area contributed by atoms with E-state index in [9.17, 15) is 0 Å². The molecule has 0 saturated carbocycles. The average molecular weight is 191 g/mol. The number of hydrogen-bond donors (Lipinski definition) is 1. The van der Waals surface area contributed by atoms with Crippen LogP contribution in [-0.2, 0) is 0 Å². The van der Waals surface area contributed by atoms with Gasteiger partial charge in [-0.25, -0.2) is 9.97 Å². The first-order valence-electron chi connectivity index (χ1n) is 3.91. The van der Waals surface area contributed by atoms with Crippen LogP contribution in [0.15, 0.2) is 24.4 Å². The third-order valence-electron chi connectivity index (χ3n) is 1.64. The van der Waals surface area contributed by atoms with E-state index in [0.29, 0.717) is 5.82 Å². The first-order valence-corrected chi connectivity index (χ1v) is 4.73. The minimum atomic E-state index is 0.545. The molecule has 0 aliphatic heterocycles. The zero-order chi connectivity index (χ0) is 9.26. The van der Waals surface area contributed by atoms with Gasteiger partial charge in [-0.05, 0) is 19.1 Å². The second kappa shape index (κ2) is 3.14. The number of nitrogens with two attached hydrogens (primary N) is 1. The summed E-state index contributed by atoms with van der Waals surface area (Å²) in [4.78, 5) is 9.43. The van der Waals surface area contributed by atoms with Crippen LogP contribution >= 0.6 is 11.3 Å². The quantitative estimate of drug-likeness (QED) is 0.751. The number of nitrogen functional groups attached to an aromatic ring is 1. The van der Waals surface area contributed by atoms with Crippen molar-refractivity contribution in [3.8, 4) is 10.6 Å². The molecule has 2 aromatic heterocycles. The third kappa shape index (κ3) is 1.67. The van der Waals surface area contributed by atoms with Crippen molar-refractivity contribution >= 4 is 17.2 Å². The summed E-state index contributed by atoms with van der Waals surface area (Å²) in [6.07, 6.45) is 1.82. The SMILES string of the molecule is Cc1ncc(-c2cccc(N)n2)s1. The van der Waals surface area contributed by atoms with E-state index in [0.717, 1.165) is 15.6 Å². The lowest BCUT2D eigenvalue weighted by Gasteiger charge is -1.95. The average Bonchev–Trinajstić information content (AvgIpc) is 2.52. The maximum Gasteiger partial charge on any atom is 0.124 e. The van der Waals surface area contributed by atoms with Crippen LogP contribution in [0.3, 0.4) is 0 Å². The molecule has 2 heterocycles. The van der Waals surface area contributed by atoms with Gasteiger partial charge in [-0.15, -0.1) is 11.3 Å². The van der Waals surface area contributed by atoms with Crippen molar-refractivity contribution in [3.63, 3.8) is 0 Å². The Hall–Kier alpha value is -1.42. The van der Waals surface area contributed by atoms with Gasteiger partial charge in [0.05, 0.1) is 15.6 Å². The van der Waals surface area contributed by atoms with E-state index in [4.69, 9.17) is 5.73 Å². The predicted octanol–water partition coefficient (Wildman–Crippen LogP) is 2.10. The molecule has 0 radical (unpaired) electrons. The second-order valence-corrected chi connectivity index (χ2v) is 3.93. The Morgan fingerprint density at radius 2 is 2.23 bits per heavy atom. The molecule has 0 amide bonds. The van der Waals surface area contributed by atoms with Crippen molar-refractivity contribution in [2.45, 2.75) is 6.92 Å². The Morgan fingerprint density at radius 1 is 1.38 bits per heavy atom. The molecule has 0 aliphatic carbocycles. The van der Waals surface area contributed by atoms with Crippen molar-refractivity contribution in [2.24, 2.45) is 0 Å². The van der Waals surface area contributed by atoms with Gasteiger partial charge in [0.25, 0.3) is 0 Å². The number of aryl methyl sites for hydroxylation is 1. The van der Waals surface area contributed by atoms with Crippen LogP contribution in [-0.4, -0.2) is 9.97 Å². The lowest BCUT2D eigenvalue weighted by atomic mass is 10.3. The van der Waals surface area contributed by atoms with Crippen LogP contribution in [0.1, 0.15) is 5.01 Å². The van der Waals surface area contributed by atoms with Crippen LogP contribution in [0.2, 0.25) is 0 Å². The fourth-order valence-corrected chi connectivity index (χ4v) is 1.82. The molecule has 3 nitrogen and oxygen atoms in total. The fraction of sp³-hybridized carbons (Fsp3) is 0.111. The monoisotopic (exact) mass is 191 g/mol. The van der Waals surface area contributed by atoms with Crippen LogP contribution < -0.4 is 5.73 Å². The Labute approximate surface area is 80.3 Å². The molecule has 0 spiro atoms. The number of hydrogen-bond acceptors (Lipinski definition) is 4. The fourth-order valence-electron chi connectivity index (χ4n) is 1.07. The zero-order valence-electron chi connectivity index (χ0n) is 7.19. The van der Waals surface area contributed by atoms with E-state index >= 15 is 0 Å².